The summed E-state index contributed by atoms with van der Waals surface area (Å²) < 4.78 is 14.1. The van der Waals surface area contributed by atoms with E-state index in [9.17, 15) is 4.39 Å². The van der Waals surface area contributed by atoms with Crippen LogP contribution in [0.25, 0.3) is 0 Å². The summed E-state index contributed by atoms with van der Waals surface area (Å²) in [4.78, 5) is 2.06. The molecule has 1 atom stereocenters. The van der Waals surface area contributed by atoms with E-state index in [1.165, 1.54) is 38.2 Å². The monoisotopic (exact) mass is 264 g/mol. The van der Waals surface area contributed by atoms with Crippen molar-refractivity contribution in [1.29, 1.82) is 0 Å². The number of anilines is 1. The first kappa shape index (κ1) is 14.3. The molecule has 19 heavy (non-hydrogen) atoms. The molecule has 0 spiro atoms. The van der Waals surface area contributed by atoms with Crippen LogP contribution in [-0.2, 0) is 0 Å². The summed E-state index contributed by atoms with van der Waals surface area (Å²) in [5, 5.41) is 0. The predicted molar refractivity (Wildman–Crippen MR) is 78.8 cm³/mol. The van der Waals surface area contributed by atoms with Gasteiger partial charge in [-0.2, -0.15) is 0 Å². The van der Waals surface area contributed by atoms with Crippen molar-refractivity contribution in [2.45, 2.75) is 45.1 Å². The van der Waals surface area contributed by atoms with Crippen LogP contribution in [0.5, 0.6) is 0 Å². The standard InChI is InChI=1S/C16H25FN2/c1-12(18)14-9-6-10-15(17)16(14)19(2)11-13-7-4-3-5-8-13/h6,9-10,12-13H,3-5,7-8,11,18H2,1-2H3/t12-/m0/s1. The van der Waals surface area contributed by atoms with Gasteiger partial charge in [-0.3, -0.25) is 0 Å². The van der Waals surface area contributed by atoms with Gasteiger partial charge in [-0.25, -0.2) is 4.39 Å². The van der Waals surface area contributed by atoms with E-state index < -0.39 is 0 Å². The number of benzene rings is 1. The second kappa shape index (κ2) is 6.38. The number of para-hydroxylation sites is 1. The van der Waals surface area contributed by atoms with Crippen LogP contribution in [0.2, 0.25) is 0 Å². The van der Waals surface area contributed by atoms with E-state index in [0.29, 0.717) is 11.6 Å². The summed E-state index contributed by atoms with van der Waals surface area (Å²) >= 11 is 0. The Morgan fingerprint density at radius 1 is 1.32 bits per heavy atom. The van der Waals surface area contributed by atoms with Crippen molar-refractivity contribution in [2.24, 2.45) is 11.7 Å². The SMILES string of the molecule is C[C@H](N)c1cccc(F)c1N(C)CC1CCCCC1. The Morgan fingerprint density at radius 2 is 2.00 bits per heavy atom. The highest BCUT2D eigenvalue weighted by atomic mass is 19.1. The Bertz CT molecular complexity index is 411. The lowest BCUT2D eigenvalue weighted by atomic mass is 9.89. The number of rotatable bonds is 4. The molecule has 0 bridgehead atoms. The third kappa shape index (κ3) is 3.47. The Balaban J connectivity index is 2.15. The molecule has 0 aromatic heterocycles. The summed E-state index contributed by atoms with van der Waals surface area (Å²) in [7, 11) is 1.99. The molecule has 0 radical (unpaired) electrons. The number of nitrogens with two attached hydrogens (primary N) is 1. The van der Waals surface area contributed by atoms with E-state index in [4.69, 9.17) is 5.73 Å². The molecule has 2 nitrogen and oxygen atoms in total. The van der Waals surface area contributed by atoms with Crippen LogP contribution < -0.4 is 10.6 Å². The summed E-state index contributed by atoms with van der Waals surface area (Å²) in [6.07, 6.45) is 6.52. The molecule has 0 aliphatic heterocycles. The lowest BCUT2D eigenvalue weighted by Crippen LogP contribution is -2.29. The Morgan fingerprint density at radius 3 is 2.63 bits per heavy atom. The first-order valence-electron chi connectivity index (χ1n) is 7.34. The molecule has 2 rings (SSSR count). The van der Waals surface area contributed by atoms with Gasteiger partial charge in [-0.1, -0.05) is 31.4 Å². The third-order valence-corrected chi connectivity index (χ3v) is 4.15. The zero-order valence-corrected chi connectivity index (χ0v) is 12.0. The fourth-order valence-corrected chi connectivity index (χ4v) is 3.15. The van der Waals surface area contributed by atoms with Crippen molar-refractivity contribution >= 4 is 5.69 Å². The fraction of sp³-hybridized carbons (Fsp3) is 0.625. The molecule has 0 heterocycles. The first-order valence-corrected chi connectivity index (χ1v) is 7.34. The van der Waals surface area contributed by atoms with Gasteiger partial charge in [0.25, 0.3) is 0 Å². The number of hydrogen-bond acceptors (Lipinski definition) is 2. The van der Waals surface area contributed by atoms with Gasteiger partial charge in [0.2, 0.25) is 0 Å². The quantitative estimate of drug-likeness (QED) is 0.894. The minimum atomic E-state index is -0.159. The highest BCUT2D eigenvalue weighted by Crippen LogP contribution is 2.30. The van der Waals surface area contributed by atoms with Crippen molar-refractivity contribution < 1.29 is 4.39 Å². The van der Waals surface area contributed by atoms with Crippen LogP contribution in [-0.4, -0.2) is 13.6 Å². The van der Waals surface area contributed by atoms with Gasteiger partial charge in [-0.15, -0.1) is 0 Å². The molecular formula is C16H25FN2. The Kier molecular flexibility index (Phi) is 4.81. The molecule has 1 aromatic rings. The predicted octanol–water partition coefficient (Wildman–Crippen LogP) is 3.86. The lowest BCUT2D eigenvalue weighted by molar-refractivity contribution is 0.361. The van der Waals surface area contributed by atoms with Crippen molar-refractivity contribution in [3.63, 3.8) is 0 Å². The fourth-order valence-electron chi connectivity index (χ4n) is 3.15. The maximum atomic E-state index is 14.1. The van der Waals surface area contributed by atoms with Crippen LogP contribution in [0, 0.1) is 11.7 Å². The molecule has 106 valence electrons. The van der Waals surface area contributed by atoms with E-state index >= 15 is 0 Å². The maximum Gasteiger partial charge on any atom is 0.146 e. The molecule has 2 N–H and O–H groups in total. The average molecular weight is 264 g/mol. The zero-order valence-electron chi connectivity index (χ0n) is 12.0. The van der Waals surface area contributed by atoms with Crippen molar-refractivity contribution in [1.82, 2.24) is 0 Å². The van der Waals surface area contributed by atoms with E-state index in [1.807, 2.05) is 20.0 Å². The van der Waals surface area contributed by atoms with Gasteiger partial charge in [0.05, 0.1) is 5.69 Å². The van der Waals surface area contributed by atoms with Crippen LogP contribution in [0.3, 0.4) is 0 Å². The van der Waals surface area contributed by atoms with E-state index in [0.717, 1.165) is 12.1 Å². The minimum Gasteiger partial charge on any atom is -0.372 e. The molecule has 1 fully saturated rings. The smallest absolute Gasteiger partial charge is 0.146 e. The van der Waals surface area contributed by atoms with Crippen molar-refractivity contribution in [2.75, 3.05) is 18.5 Å². The van der Waals surface area contributed by atoms with E-state index in [2.05, 4.69) is 4.90 Å². The molecule has 3 heteroatoms. The van der Waals surface area contributed by atoms with Crippen LogP contribution in [0.15, 0.2) is 18.2 Å². The molecule has 0 unspecified atom stereocenters. The Hall–Kier alpha value is -1.09. The van der Waals surface area contributed by atoms with Crippen molar-refractivity contribution in [3.8, 4) is 0 Å². The second-order valence-electron chi connectivity index (χ2n) is 5.85. The van der Waals surface area contributed by atoms with Gasteiger partial charge >= 0.3 is 0 Å². The van der Waals surface area contributed by atoms with Gasteiger partial charge in [0.1, 0.15) is 5.82 Å². The summed E-state index contributed by atoms with van der Waals surface area (Å²) in [5.41, 5.74) is 7.55. The van der Waals surface area contributed by atoms with E-state index in [1.54, 1.807) is 6.07 Å². The van der Waals surface area contributed by atoms with Crippen LogP contribution in [0.1, 0.15) is 50.6 Å². The molecule has 1 saturated carbocycles. The molecule has 0 amide bonds. The molecule has 1 aromatic carbocycles. The van der Waals surface area contributed by atoms with Crippen molar-refractivity contribution in [3.05, 3.63) is 29.6 Å². The number of nitrogens with zero attached hydrogens (tertiary/aromatic N) is 1. The third-order valence-electron chi connectivity index (χ3n) is 4.15. The Labute approximate surface area is 115 Å². The molecular weight excluding hydrogens is 239 g/mol. The normalized spacial score (nSPS) is 18.3. The highest BCUT2D eigenvalue weighted by Gasteiger charge is 2.20. The summed E-state index contributed by atoms with van der Waals surface area (Å²) in [5.74, 6) is 0.535. The van der Waals surface area contributed by atoms with Crippen LogP contribution in [0.4, 0.5) is 10.1 Å². The second-order valence-corrected chi connectivity index (χ2v) is 5.85. The zero-order chi connectivity index (χ0) is 13.8. The minimum absolute atomic E-state index is 0.139. The van der Waals surface area contributed by atoms with Gasteiger partial charge in [-0.05, 0) is 37.3 Å². The van der Waals surface area contributed by atoms with Gasteiger partial charge in [0, 0.05) is 19.6 Å². The maximum absolute atomic E-state index is 14.1. The number of halogens is 1. The van der Waals surface area contributed by atoms with E-state index in [-0.39, 0.29) is 11.9 Å². The molecule has 1 aliphatic carbocycles. The molecule has 0 saturated heterocycles. The largest absolute Gasteiger partial charge is 0.372 e. The van der Waals surface area contributed by atoms with Gasteiger partial charge in [0.15, 0.2) is 0 Å². The highest BCUT2D eigenvalue weighted by molar-refractivity contribution is 5.55. The summed E-state index contributed by atoms with van der Waals surface area (Å²) in [6, 6.07) is 5.06. The first-order chi connectivity index (χ1) is 9.09. The van der Waals surface area contributed by atoms with Crippen LogP contribution >= 0.6 is 0 Å². The van der Waals surface area contributed by atoms with Gasteiger partial charge < -0.3 is 10.6 Å². The lowest BCUT2D eigenvalue weighted by Gasteiger charge is -2.30. The number of hydrogen-bond donors (Lipinski definition) is 1. The topological polar surface area (TPSA) is 29.3 Å². The average Bonchev–Trinajstić information content (AvgIpc) is 2.39. The molecule has 1 aliphatic rings. The summed E-state index contributed by atoms with van der Waals surface area (Å²) in [6.45, 7) is 2.84.